The van der Waals surface area contributed by atoms with Crippen molar-refractivity contribution in [1.29, 1.82) is 0 Å². The van der Waals surface area contributed by atoms with Crippen molar-refractivity contribution in [3.05, 3.63) is 52.4 Å². The monoisotopic (exact) mass is 455 g/mol. The predicted octanol–water partition coefficient (Wildman–Crippen LogP) is 4.04. The predicted molar refractivity (Wildman–Crippen MR) is 123 cm³/mol. The summed E-state index contributed by atoms with van der Waals surface area (Å²) in [6.45, 7) is 11.1. The number of allylic oxidation sites excluding steroid dienone is 3. The summed E-state index contributed by atoms with van der Waals surface area (Å²) in [5, 5.41) is 3.27. The maximum absolute atomic E-state index is 13.8. The number of carbonyl (C=O) groups excluding carboxylic acids is 3. The molecule has 1 heterocycles. The third-order valence-electron chi connectivity index (χ3n) is 5.90. The van der Waals surface area contributed by atoms with Crippen molar-refractivity contribution < 1.29 is 28.6 Å². The molecule has 3 atom stereocenters. The summed E-state index contributed by atoms with van der Waals surface area (Å²) in [6.07, 6.45) is 0.0391. The van der Waals surface area contributed by atoms with E-state index in [0.29, 0.717) is 34.6 Å². The van der Waals surface area contributed by atoms with Gasteiger partial charge in [0.1, 0.15) is 11.7 Å². The molecule has 0 bridgehead atoms. The molecule has 1 aromatic carbocycles. The van der Waals surface area contributed by atoms with E-state index in [1.54, 1.807) is 20.8 Å². The lowest BCUT2D eigenvalue weighted by atomic mass is 9.69. The Morgan fingerprint density at radius 1 is 1.09 bits per heavy atom. The Morgan fingerprint density at radius 3 is 2.36 bits per heavy atom. The molecule has 0 radical (unpaired) electrons. The first-order valence-electron chi connectivity index (χ1n) is 11.4. The van der Waals surface area contributed by atoms with Crippen molar-refractivity contribution in [2.24, 2.45) is 11.8 Å². The second-order valence-corrected chi connectivity index (χ2v) is 9.19. The lowest BCUT2D eigenvalue weighted by Gasteiger charge is -2.38. The molecule has 3 rings (SSSR count). The minimum absolute atomic E-state index is 0.109. The van der Waals surface area contributed by atoms with Gasteiger partial charge in [0.05, 0.1) is 30.8 Å². The highest BCUT2D eigenvalue weighted by Crippen LogP contribution is 2.47. The Hall–Kier alpha value is -3.09. The molecule has 1 aliphatic heterocycles. The Kier molecular flexibility index (Phi) is 7.30. The van der Waals surface area contributed by atoms with Crippen LogP contribution in [-0.2, 0) is 23.9 Å². The number of nitrogens with one attached hydrogen (secondary N) is 1. The van der Waals surface area contributed by atoms with Gasteiger partial charge in [-0.1, -0.05) is 25.1 Å². The summed E-state index contributed by atoms with van der Waals surface area (Å²) in [6, 6.07) is 7.38. The second kappa shape index (κ2) is 9.81. The van der Waals surface area contributed by atoms with E-state index < -0.39 is 23.8 Å². The summed E-state index contributed by atoms with van der Waals surface area (Å²) in [5.41, 5.74) is 2.76. The number of carbonyl (C=O) groups is 3. The normalized spacial score (nSPS) is 22.8. The lowest BCUT2D eigenvalue weighted by Crippen LogP contribution is -2.43. The fourth-order valence-corrected chi connectivity index (χ4v) is 4.62. The Morgan fingerprint density at radius 2 is 1.76 bits per heavy atom. The highest BCUT2D eigenvalue weighted by molar-refractivity contribution is 6.12. The third-order valence-corrected chi connectivity index (χ3v) is 5.90. The molecule has 7 nitrogen and oxygen atoms in total. The number of ether oxygens (including phenoxy) is 3. The van der Waals surface area contributed by atoms with Gasteiger partial charge in [0.15, 0.2) is 5.78 Å². The molecular formula is C26H33NO6. The zero-order chi connectivity index (χ0) is 24.4. The van der Waals surface area contributed by atoms with E-state index in [4.69, 9.17) is 14.2 Å². The van der Waals surface area contributed by atoms with Gasteiger partial charge in [-0.25, -0.2) is 4.79 Å². The van der Waals surface area contributed by atoms with Gasteiger partial charge in [0, 0.05) is 22.5 Å². The standard InChI is InChI=1S/C26H33NO6/c1-13(2)32-19-11-9-8-10-17(19)22-21(26(30)33-14(3)4)16(6)27-18-12-15(5)20(25(29)31-7)24(28)23(18)22/h8-11,13-15,20,22,27H,12H2,1-7H3. The molecule has 178 valence electrons. The van der Waals surface area contributed by atoms with Gasteiger partial charge >= 0.3 is 11.9 Å². The van der Waals surface area contributed by atoms with Crippen molar-refractivity contribution >= 4 is 17.7 Å². The SMILES string of the molecule is COC(=O)C1C(=O)C2=C(CC1C)NC(C)=C(C(=O)OC(C)C)C2c1ccccc1OC(C)C. The maximum Gasteiger partial charge on any atom is 0.337 e. The van der Waals surface area contributed by atoms with Crippen LogP contribution < -0.4 is 10.1 Å². The van der Waals surface area contributed by atoms with E-state index in [-0.39, 0.29) is 23.9 Å². The van der Waals surface area contributed by atoms with Gasteiger partial charge in [0.25, 0.3) is 0 Å². The molecule has 0 saturated heterocycles. The summed E-state index contributed by atoms with van der Waals surface area (Å²) in [4.78, 5) is 39.6. The number of hydrogen-bond donors (Lipinski definition) is 1. The van der Waals surface area contributed by atoms with Gasteiger partial charge in [-0.05, 0) is 53.0 Å². The summed E-state index contributed by atoms with van der Waals surface area (Å²) < 4.78 is 16.6. The first-order chi connectivity index (χ1) is 15.6. The molecule has 0 amide bonds. The number of Topliss-reactive ketones (excluding diaryl/α,β-unsaturated/α-hetero) is 1. The fourth-order valence-electron chi connectivity index (χ4n) is 4.62. The molecule has 1 aliphatic carbocycles. The minimum Gasteiger partial charge on any atom is -0.491 e. The zero-order valence-corrected chi connectivity index (χ0v) is 20.4. The van der Waals surface area contributed by atoms with Crippen molar-refractivity contribution in [2.45, 2.75) is 66.1 Å². The van der Waals surface area contributed by atoms with Crippen LogP contribution in [-0.4, -0.2) is 37.0 Å². The van der Waals surface area contributed by atoms with Crippen LogP contribution in [0.2, 0.25) is 0 Å². The van der Waals surface area contributed by atoms with Crippen LogP contribution in [0.5, 0.6) is 5.75 Å². The highest BCUT2D eigenvalue weighted by Gasteiger charge is 2.47. The molecule has 0 spiro atoms. The molecule has 7 heteroatoms. The Balaban J connectivity index is 2.24. The number of methoxy groups -OCH3 is 1. The number of dihydropyridines is 1. The molecule has 3 unspecified atom stereocenters. The van der Waals surface area contributed by atoms with Crippen LogP contribution >= 0.6 is 0 Å². The summed E-state index contributed by atoms with van der Waals surface area (Å²) in [5.74, 6) is -2.73. The van der Waals surface area contributed by atoms with Gasteiger partial charge in [0.2, 0.25) is 0 Å². The van der Waals surface area contributed by atoms with Crippen LogP contribution in [0, 0.1) is 11.8 Å². The van der Waals surface area contributed by atoms with E-state index in [2.05, 4.69) is 5.32 Å². The van der Waals surface area contributed by atoms with Gasteiger partial charge < -0.3 is 19.5 Å². The smallest absolute Gasteiger partial charge is 0.337 e. The van der Waals surface area contributed by atoms with Crippen LogP contribution in [0.4, 0.5) is 0 Å². The van der Waals surface area contributed by atoms with E-state index in [0.717, 1.165) is 5.70 Å². The molecular weight excluding hydrogens is 422 g/mol. The van der Waals surface area contributed by atoms with Crippen LogP contribution in [0.15, 0.2) is 46.8 Å². The molecule has 1 N–H and O–H groups in total. The minimum atomic E-state index is -0.933. The fraction of sp³-hybridized carbons (Fsp3) is 0.500. The van der Waals surface area contributed by atoms with Crippen molar-refractivity contribution in [3.63, 3.8) is 0 Å². The average Bonchev–Trinajstić information content (AvgIpc) is 2.71. The second-order valence-electron chi connectivity index (χ2n) is 9.19. The van der Waals surface area contributed by atoms with Crippen molar-refractivity contribution in [3.8, 4) is 5.75 Å². The number of ketones is 1. The Labute approximate surface area is 195 Å². The van der Waals surface area contributed by atoms with Crippen LogP contribution in [0.1, 0.15) is 59.4 Å². The molecule has 0 aromatic heterocycles. The Bertz CT molecular complexity index is 1020. The van der Waals surface area contributed by atoms with Crippen LogP contribution in [0.25, 0.3) is 0 Å². The topological polar surface area (TPSA) is 90.9 Å². The van der Waals surface area contributed by atoms with Crippen LogP contribution in [0.3, 0.4) is 0 Å². The molecule has 0 saturated carbocycles. The van der Waals surface area contributed by atoms with E-state index in [1.807, 2.05) is 45.0 Å². The van der Waals surface area contributed by atoms with Gasteiger partial charge in [-0.3, -0.25) is 9.59 Å². The van der Waals surface area contributed by atoms with E-state index in [9.17, 15) is 14.4 Å². The van der Waals surface area contributed by atoms with Gasteiger partial charge in [-0.15, -0.1) is 0 Å². The molecule has 1 aromatic rings. The summed E-state index contributed by atoms with van der Waals surface area (Å²) in [7, 11) is 1.28. The van der Waals surface area contributed by atoms with Gasteiger partial charge in [-0.2, -0.15) is 0 Å². The first kappa shape index (κ1) is 24.6. The molecule has 0 fully saturated rings. The quantitative estimate of drug-likeness (QED) is 0.511. The third kappa shape index (κ3) is 4.82. The summed E-state index contributed by atoms with van der Waals surface area (Å²) >= 11 is 0. The zero-order valence-electron chi connectivity index (χ0n) is 20.4. The number of rotatable bonds is 6. The van der Waals surface area contributed by atoms with Crippen molar-refractivity contribution in [2.75, 3.05) is 7.11 Å². The number of benzene rings is 1. The first-order valence-corrected chi connectivity index (χ1v) is 11.4. The highest BCUT2D eigenvalue weighted by atomic mass is 16.5. The largest absolute Gasteiger partial charge is 0.491 e. The lowest BCUT2D eigenvalue weighted by molar-refractivity contribution is -0.151. The van der Waals surface area contributed by atoms with E-state index >= 15 is 0 Å². The molecule has 2 aliphatic rings. The molecule has 33 heavy (non-hydrogen) atoms. The maximum atomic E-state index is 13.8. The average molecular weight is 456 g/mol. The number of para-hydroxylation sites is 1. The number of hydrogen-bond acceptors (Lipinski definition) is 7. The van der Waals surface area contributed by atoms with Crippen molar-refractivity contribution in [1.82, 2.24) is 5.32 Å². The number of esters is 2. The van der Waals surface area contributed by atoms with E-state index in [1.165, 1.54) is 7.11 Å².